The van der Waals surface area contributed by atoms with Crippen LogP contribution in [0.1, 0.15) is 19.4 Å². The van der Waals surface area contributed by atoms with E-state index in [2.05, 4.69) is 16.0 Å². The van der Waals surface area contributed by atoms with Gasteiger partial charge in [0.15, 0.2) is 0 Å². The van der Waals surface area contributed by atoms with Crippen LogP contribution >= 0.6 is 11.6 Å². The normalized spacial score (nSPS) is 11.5. The zero-order chi connectivity index (χ0) is 17.7. The molecule has 0 unspecified atom stereocenters. The summed E-state index contributed by atoms with van der Waals surface area (Å²) in [4.78, 5) is 23.2. The number of carbonyl (C=O) groups excluding carboxylic acids is 2. The summed E-state index contributed by atoms with van der Waals surface area (Å²) in [6.07, 6.45) is 0. The Kier molecular flexibility index (Phi) is 5.82. The van der Waals surface area contributed by atoms with Crippen molar-refractivity contribution in [2.75, 3.05) is 16.0 Å². The van der Waals surface area contributed by atoms with Gasteiger partial charge in [0.2, 0.25) is 11.8 Å². The van der Waals surface area contributed by atoms with Crippen LogP contribution in [0.2, 0.25) is 5.02 Å². The van der Waals surface area contributed by atoms with Gasteiger partial charge in [-0.05, 0) is 55.8 Å². The summed E-state index contributed by atoms with van der Waals surface area (Å²) in [6.45, 7) is 5.14. The molecule has 0 heterocycles. The molecule has 0 aromatic heterocycles. The van der Waals surface area contributed by atoms with Crippen LogP contribution in [0.3, 0.4) is 0 Å². The molecule has 0 aliphatic heterocycles. The van der Waals surface area contributed by atoms with Gasteiger partial charge in [-0.2, -0.15) is 0 Å². The number of nitrogens with one attached hydrogen (secondary N) is 3. The fraction of sp³-hybridized carbons (Fsp3) is 0.222. The zero-order valence-corrected chi connectivity index (χ0v) is 14.6. The molecule has 5 nitrogen and oxygen atoms in total. The van der Waals surface area contributed by atoms with Crippen LogP contribution in [0, 0.1) is 6.92 Å². The Hall–Kier alpha value is -2.53. The van der Waals surface area contributed by atoms with Crippen molar-refractivity contribution in [2.45, 2.75) is 26.8 Å². The SMILES string of the molecule is CC(=O)Nc1ccc(NC(=O)[C@H](C)Nc2ccc(C)c(Cl)c2)cc1. The second-order valence-corrected chi connectivity index (χ2v) is 5.98. The first kappa shape index (κ1) is 17.8. The minimum atomic E-state index is -0.432. The van der Waals surface area contributed by atoms with Crippen molar-refractivity contribution in [3.8, 4) is 0 Å². The van der Waals surface area contributed by atoms with Crippen molar-refractivity contribution < 1.29 is 9.59 Å². The highest BCUT2D eigenvalue weighted by Gasteiger charge is 2.13. The summed E-state index contributed by atoms with van der Waals surface area (Å²) in [5.41, 5.74) is 3.11. The lowest BCUT2D eigenvalue weighted by atomic mass is 10.2. The van der Waals surface area contributed by atoms with Crippen LogP contribution in [-0.4, -0.2) is 17.9 Å². The third-order valence-electron chi connectivity index (χ3n) is 3.42. The molecule has 3 N–H and O–H groups in total. The lowest BCUT2D eigenvalue weighted by Crippen LogP contribution is -2.31. The van der Waals surface area contributed by atoms with E-state index in [1.54, 1.807) is 37.3 Å². The van der Waals surface area contributed by atoms with Gasteiger partial charge in [-0.25, -0.2) is 0 Å². The molecule has 2 aromatic rings. The first-order valence-electron chi connectivity index (χ1n) is 7.56. The number of hydrogen-bond donors (Lipinski definition) is 3. The average Bonchev–Trinajstić information content (AvgIpc) is 2.52. The summed E-state index contributed by atoms with van der Waals surface area (Å²) >= 11 is 6.09. The molecule has 24 heavy (non-hydrogen) atoms. The zero-order valence-electron chi connectivity index (χ0n) is 13.8. The Balaban J connectivity index is 1.95. The van der Waals surface area contributed by atoms with E-state index >= 15 is 0 Å². The maximum Gasteiger partial charge on any atom is 0.246 e. The monoisotopic (exact) mass is 345 g/mol. The highest BCUT2D eigenvalue weighted by atomic mass is 35.5. The van der Waals surface area contributed by atoms with E-state index in [4.69, 9.17) is 11.6 Å². The minimum Gasteiger partial charge on any atom is -0.374 e. The second kappa shape index (κ2) is 7.84. The van der Waals surface area contributed by atoms with Gasteiger partial charge >= 0.3 is 0 Å². The van der Waals surface area contributed by atoms with E-state index in [0.717, 1.165) is 11.3 Å². The van der Waals surface area contributed by atoms with E-state index < -0.39 is 6.04 Å². The van der Waals surface area contributed by atoms with Crippen LogP contribution in [-0.2, 0) is 9.59 Å². The molecule has 0 saturated carbocycles. The molecule has 0 aliphatic carbocycles. The van der Waals surface area contributed by atoms with Crippen molar-refractivity contribution in [1.29, 1.82) is 0 Å². The average molecular weight is 346 g/mol. The number of amides is 2. The third kappa shape index (κ3) is 4.99. The van der Waals surface area contributed by atoms with Crippen LogP contribution in [0.25, 0.3) is 0 Å². The van der Waals surface area contributed by atoms with Gasteiger partial charge in [-0.3, -0.25) is 9.59 Å². The summed E-state index contributed by atoms with van der Waals surface area (Å²) in [5, 5.41) is 9.26. The number of halogens is 1. The molecule has 0 fully saturated rings. The molecule has 0 aliphatic rings. The fourth-order valence-corrected chi connectivity index (χ4v) is 2.27. The Morgan fingerprint density at radius 2 is 1.50 bits per heavy atom. The molecule has 0 spiro atoms. The molecule has 1 atom stereocenters. The predicted octanol–water partition coefficient (Wildman–Crippen LogP) is 4.05. The number of aryl methyl sites for hydroxylation is 1. The highest BCUT2D eigenvalue weighted by molar-refractivity contribution is 6.31. The molecule has 2 aromatic carbocycles. The van der Waals surface area contributed by atoms with Crippen LogP contribution in [0.4, 0.5) is 17.1 Å². The second-order valence-electron chi connectivity index (χ2n) is 5.58. The molecule has 0 saturated heterocycles. The van der Waals surface area contributed by atoms with Gasteiger partial charge in [0.1, 0.15) is 6.04 Å². The first-order valence-corrected chi connectivity index (χ1v) is 7.94. The Morgan fingerprint density at radius 1 is 0.958 bits per heavy atom. The smallest absolute Gasteiger partial charge is 0.246 e. The van der Waals surface area contributed by atoms with Gasteiger partial charge in [0, 0.05) is 29.0 Å². The summed E-state index contributed by atoms with van der Waals surface area (Å²) in [7, 11) is 0. The van der Waals surface area contributed by atoms with Crippen molar-refractivity contribution in [2.24, 2.45) is 0 Å². The quantitative estimate of drug-likeness (QED) is 0.765. The molecule has 0 bridgehead atoms. The van der Waals surface area contributed by atoms with Crippen LogP contribution in [0.15, 0.2) is 42.5 Å². The van der Waals surface area contributed by atoms with Gasteiger partial charge < -0.3 is 16.0 Å². The van der Waals surface area contributed by atoms with E-state index in [9.17, 15) is 9.59 Å². The van der Waals surface area contributed by atoms with Crippen molar-refractivity contribution in [3.05, 3.63) is 53.1 Å². The molecular weight excluding hydrogens is 326 g/mol. The molecule has 0 radical (unpaired) electrons. The number of rotatable bonds is 5. The van der Waals surface area contributed by atoms with E-state index in [1.807, 2.05) is 19.1 Å². The predicted molar refractivity (Wildman–Crippen MR) is 98.6 cm³/mol. The molecular formula is C18H20ClN3O2. The number of carbonyl (C=O) groups is 2. The van der Waals surface area contributed by atoms with Gasteiger partial charge in [-0.1, -0.05) is 17.7 Å². The van der Waals surface area contributed by atoms with Crippen LogP contribution < -0.4 is 16.0 Å². The molecule has 6 heteroatoms. The van der Waals surface area contributed by atoms with E-state index in [0.29, 0.717) is 16.4 Å². The van der Waals surface area contributed by atoms with E-state index in [1.165, 1.54) is 6.92 Å². The summed E-state index contributed by atoms with van der Waals surface area (Å²) < 4.78 is 0. The molecule has 2 rings (SSSR count). The number of hydrogen-bond acceptors (Lipinski definition) is 3. The highest BCUT2D eigenvalue weighted by Crippen LogP contribution is 2.21. The van der Waals surface area contributed by atoms with Crippen LogP contribution in [0.5, 0.6) is 0 Å². The fourth-order valence-electron chi connectivity index (χ4n) is 2.09. The molecule has 126 valence electrons. The van der Waals surface area contributed by atoms with Gasteiger partial charge in [0.25, 0.3) is 0 Å². The van der Waals surface area contributed by atoms with Crippen molar-refractivity contribution >= 4 is 40.5 Å². The number of anilines is 3. The summed E-state index contributed by atoms with van der Waals surface area (Å²) in [6, 6.07) is 12.1. The maximum absolute atomic E-state index is 12.3. The Bertz CT molecular complexity index is 744. The largest absolute Gasteiger partial charge is 0.374 e. The maximum atomic E-state index is 12.3. The van der Waals surface area contributed by atoms with Crippen molar-refractivity contribution in [1.82, 2.24) is 0 Å². The summed E-state index contributed by atoms with van der Waals surface area (Å²) in [5.74, 6) is -0.305. The first-order chi connectivity index (χ1) is 11.3. The third-order valence-corrected chi connectivity index (χ3v) is 3.83. The minimum absolute atomic E-state index is 0.138. The standard InChI is InChI=1S/C18H20ClN3O2/c1-11-4-5-16(10-17(11)19)20-12(2)18(24)22-15-8-6-14(7-9-15)21-13(3)23/h4-10,12,20H,1-3H3,(H,21,23)(H,22,24)/t12-/m0/s1. The lowest BCUT2D eigenvalue weighted by molar-refractivity contribution is -0.116. The van der Waals surface area contributed by atoms with E-state index in [-0.39, 0.29) is 11.8 Å². The lowest BCUT2D eigenvalue weighted by Gasteiger charge is -2.16. The van der Waals surface area contributed by atoms with Crippen molar-refractivity contribution in [3.63, 3.8) is 0 Å². The molecule has 2 amide bonds. The number of benzene rings is 2. The van der Waals surface area contributed by atoms with Gasteiger partial charge in [0.05, 0.1) is 0 Å². The topological polar surface area (TPSA) is 70.2 Å². The Labute approximate surface area is 146 Å². The Morgan fingerprint density at radius 3 is 2.04 bits per heavy atom. The van der Waals surface area contributed by atoms with Gasteiger partial charge in [-0.15, -0.1) is 0 Å².